The third-order valence-electron chi connectivity index (χ3n) is 6.29. The van der Waals surface area contributed by atoms with Gasteiger partial charge in [-0.1, -0.05) is 63.3 Å². The standard InChI is InChI=1S/C23H37NO2/c1-2-3-4-5-6-9-15-24-16-13-23(14-17-24)22-11-8-7-10-20(22)19-21(26-23)12-18-25/h7-8,10-11,21,25H,2-6,9,12-19H2,1H3. The van der Waals surface area contributed by atoms with Gasteiger partial charge in [0, 0.05) is 19.7 Å². The van der Waals surface area contributed by atoms with Crippen LogP contribution in [0.25, 0.3) is 0 Å². The molecule has 1 fully saturated rings. The van der Waals surface area contributed by atoms with Crippen LogP contribution < -0.4 is 0 Å². The minimum Gasteiger partial charge on any atom is -0.396 e. The smallest absolute Gasteiger partial charge is 0.0962 e. The van der Waals surface area contributed by atoms with E-state index in [4.69, 9.17) is 4.74 Å². The van der Waals surface area contributed by atoms with Gasteiger partial charge < -0.3 is 14.7 Å². The second-order valence-electron chi connectivity index (χ2n) is 8.22. The minimum atomic E-state index is -0.119. The summed E-state index contributed by atoms with van der Waals surface area (Å²) in [5.74, 6) is 0. The maximum absolute atomic E-state index is 9.38. The molecule has 2 heterocycles. The fourth-order valence-electron chi connectivity index (χ4n) is 4.76. The van der Waals surface area contributed by atoms with E-state index in [-0.39, 0.29) is 18.3 Å². The monoisotopic (exact) mass is 359 g/mol. The van der Waals surface area contributed by atoms with Gasteiger partial charge in [-0.25, -0.2) is 0 Å². The van der Waals surface area contributed by atoms with Gasteiger partial charge in [0.15, 0.2) is 0 Å². The Hall–Kier alpha value is -0.900. The van der Waals surface area contributed by atoms with Gasteiger partial charge in [0.1, 0.15) is 0 Å². The summed E-state index contributed by atoms with van der Waals surface area (Å²) in [5.41, 5.74) is 2.72. The van der Waals surface area contributed by atoms with Crippen LogP contribution in [0.5, 0.6) is 0 Å². The molecule has 1 saturated heterocycles. The number of hydrogen-bond acceptors (Lipinski definition) is 3. The van der Waals surface area contributed by atoms with Crippen molar-refractivity contribution in [2.24, 2.45) is 0 Å². The molecule has 0 aliphatic carbocycles. The maximum Gasteiger partial charge on any atom is 0.0962 e. The quantitative estimate of drug-likeness (QED) is 0.651. The summed E-state index contributed by atoms with van der Waals surface area (Å²) in [5, 5.41) is 9.38. The highest BCUT2D eigenvalue weighted by Crippen LogP contribution is 2.43. The molecule has 3 heteroatoms. The number of nitrogens with zero attached hydrogens (tertiary/aromatic N) is 1. The lowest BCUT2D eigenvalue weighted by Gasteiger charge is -2.47. The van der Waals surface area contributed by atoms with Crippen LogP contribution in [0, 0.1) is 0 Å². The average Bonchev–Trinajstić information content (AvgIpc) is 2.66. The van der Waals surface area contributed by atoms with Crippen LogP contribution >= 0.6 is 0 Å². The largest absolute Gasteiger partial charge is 0.396 e. The fourth-order valence-corrected chi connectivity index (χ4v) is 4.76. The Morgan fingerprint density at radius 2 is 1.81 bits per heavy atom. The number of ether oxygens (including phenoxy) is 1. The van der Waals surface area contributed by atoms with Crippen molar-refractivity contribution in [1.82, 2.24) is 4.90 Å². The second kappa shape index (κ2) is 9.87. The minimum absolute atomic E-state index is 0.119. The number of likely N-dealkylation sites (tertiary alicyclic amines) is 1. The Labute approximate surface area is 159 Å². The lowest BCUT2D eigenvalue weighted by Crippen LogP contribution is -2.49. The molecule has 2 aliphatic rings. The fraction of sp³-hybridized carbons (Fsp3) is 0.739. The van der Waals surface area contributed by atoms with Crippen LogP contribution in [0.2, 0.25) is 0 Å². The van der Waals surface area contributed by atoms with Crippen molar-refractivity contribution in [2.75, 3.05) is 26.2 Å². The van der Waals surface area contributed by atoms with Gasteiger partial charge in [0.05, 0.1) is 11.7 Å². The second-order valence-corrected chi connectivity index (χ2v) is 8.22. The van der Waals surface area contributed by atoms with Crippen LogP contribution in [0.4, 0.5) is 0 Å². The van der Waals surface area contributed by atoms with Gasteiger partial charge in [-0.3, -0.25) is 0 Å². The van der Waals surface area contributed by atoms with E-state index < -0.39 is 0 Å². The SMILES string of the molecule is CCCCCCCCN1CCC2(CC1)OC(CCO)Cc1ccccc12. The highest BCUT2D eigenvalue weighted by molar-refractivity contribution is 5.35. The zero-order chi connectivity index (χ0) is 18.2. The summed E-state index contributed by atoms with van der Waals surface area (Å²) in [4.78, 5) is 2.63. The Kier molecular flexibility index (Phi) is 7.53. The molecule has 1 N–H and O–H groups in total. The third kappa shape index (κ3) is 4.88. The number of hydrogen-bond donors (Lipinski definition) is 1. The first-order chi connectivity index (χ1) is 12.8. The molecule has 0 saturated carbocycles. The third-order valence-corrected chi connectivity index (χ3v) is 6.29. The predicted molar refractivity (Wildman–Crippen MR) is 107 cm³/mol. The Morgan fingerprint density at radius 1 is 1.08 bits per heavy atom. The molecule has 1 spiro atoms. The molecule has 0 aromatic heterocycles. The van der Waals surface area contributed by atoms with E-state index in [1.54, 1.807) is 0 Å². The average molecular weight is 360 g/mol. The Balaban J connectivity index is 1.53. The van der Waals surface area contributed by atoms with E-state index in [0.29, 0.717) is 0 Å². The first-order valence-electron chi connectivity index (χ1n) is 10.9. The number of aliphatic hydroxyl groups excluding tert-OH is 1. The van der Waals surface area contributed by atoms with Crippen molar-refractivity contribution in [1.29, 1.82) is 0 Å². The van der Waals surface area contributed by atoms with Crippen LogP contribution in [-0.2, 0) is 16.8 Å². The molecule has 0 bridgehead atoms. The highest BCUT2D eigenvalue weighted by Gasteiger charge is 2.43. The molecule has 1 aromatic carbocycles. The molecule has 1 aromatic rings. The number of benzene rings is 1. The Morgan fingerprint density at radius 3 is 2.58 bits per heavy atom. The van der Waals surface area contributed by atoms with Crippen molar-refractivity contribution in [3.8, 4) is 0 Å². The number of piperidine rings is 1. The molecular weight excluding hydrogens is 322 g/mol. The van der Waals surface area contributed by atoms with Gasteiger partial charge in [-0.2, -0.15) is 0 Å². The molecule has 26 heavy (non-hydrogen) atoms. The molecule has 3 rings (SSSR count). The summed E-state index contributed by atoms with van der Waals surface area (Å²) in [7, 11) is 0. The maximum atomic E-state index is 9.38. The van der Waals surface area contributed by atoms with Gasteiger partial charge in [-0.05, 0) is 49.8 Å². The lowest BCUT2D eigenvalue weighted by molar-refractivity contribution is -0.144. The highest BCUT2D eigenvalue weighted by atomic mass is 16.5. The van der Waals surface area contributed by atoms with Crippen LogP contribution in [0.1, 0.15) is 75.8 Å². The summed E-state index contributed by atoms with van der Waals surface area (Å²) in [6.45, 7) is 6.00. The first-order valence-corrected chi connectivity index (χ1v) is 10.9. The van der Waals surface area contributed by atoms with Crippen molar-refractivity contribution < 1.29 is 9.84 Å². The van der Waals surface area contributed by atoms with E-state index in [0.717, 1.165) is 38.8 Å². The van der Waals surface area contributed by atoms with Crippen LogP contribution in [0.15, 0.2) is 24.3 Å². The van der Waals surface area contributed by atoms with E-state index in [9.17, 15) is 5.11 Å². The van der Waals surface area contributed by atoms with Gasteiger partial charge in [-0.15, -0.1) is 0 Å². The Bertz CT molecular complexity index is 537. The lowest BCUT2D eigenvalue weighted by atomic mass is 9.78. The van der Waals surface area contributed by atoms with Gasteiger partial charge in [0.2, 0.25) is 0 Å². The van der Waals surface area contributed by atoms with E-state index >= 15 is 0 Å². The topological polar surface area (TPSA) is 32.7 Å². The molecular formula is C23H37NO2. The van der Waals surface area contributed by atoms with Crippen molar-refractivity contribution in [2.45, 2.75) is 82.8 Å². The number of rotatable bonds is 9. The van der Waals surface area contributed by atoms with Crippen molar-refractivity contribution >= 4 is 0 Å². The molecule has 3 nitrogen and oxygen atoms in total. The summed E-state index contributed by atoms with van der Waals surface area (Å²) >= 11 is 0. The zero-order valence-corrected chi connectivity index (χ0v) is 16.6. The van der Waals surface area contributed by atoms with E-state index in [1.807, 2.05) is 0 Å². The number of aliphatic hydroxyl groups is 1. The summed E-state index contributed by atoms with van der Waals surface area (Å²) in [6, 6.07) is 8.82. The van der Waals surface area contributed by atoms with Gasteiger partial charge in [0.25, 0.3) is 0 Å². The normalized spacial score (nSPS) is 22.5. The summed E-state index contributed by atoms with van der Waals surface area (Å²) < 4.78 is 6.61. The van der Waals surface area contributed by atoms with Crippen LogP contribution in [-0.4, -0.2) is 42.4 Å². The molecule has 0 amide bonds. The zero-order valence-electron chi connectivity index (χ0n) is 16.6. The van der Waals surface area contributed by atoms with Crippen molar-refractivity contribution in [3.63, 3.8) is 0 Å². The van der Waals surface area contributed by atoms with Crippen molar-refractivity contribution in [3.05, 3.63) is 35.4 Å². The number of fused-ring (bicyclic) bond motifs is 2. The number of unbranched alkanes of at least 4 members (excludes halogenated alkanes) is 5. The molecule has 0 radical (unpaired) electrons. The first kappa shape index (κ1) is 19.9. The van der Waals surface area contributed by atoms with E-state index in [2.05, 4.69) is 36.1 Å². The van der Waals surface area contributed by atoms with Crippen LogP contribution in [0.3, 0.4) is 0 Å². The molecule has 146 valence electrons. The van der Waals surface area contributed by atoms with E-state index in [1.165, 1.54) is 56.2 Å². The predicted octanol–water partition coefficient (Wildman–Crippen LogP) is 4.66. The van der Waals surface area contributed by atoms with Gasteiger partial charge >= 0.3 is 0 Å². The molecule has 1 atom stereocenters. The summed E-state index contributed by atoms with van der Waals surface area (Å²) in [6.07, 6.45) is 12.2. The molecule has 2 aliphatic heterocycles. The molecule has 1 unspecified atom stereocenters.